The van der Waals surface area contributed by atoms with Crippen molar-refractivity contribution in [2.24, 2.45) is 0 Å². The van der Waals surface area contributed by atoms with Gasteiger partial charge in [0.1, 0.15) is 17.2 Å². The van der Waals surface area contributed by atoms with Crippen LogP contribution >= 0.6 is 0 Å². The highest BCUT2D eigenvalue weighted by Gasteiger charge is 2.35. The van der Waals surface area contributed by atoms with Gasteiger partial charge in [-0.25, -0.2) is 9.37 Å². The lowest BCUT2D eigenvalue weighted by molar-refractivity contribution is -0.137. The maximum Gasteiger partial charge on any atom is 0.421 e. The fourth-order valence-electron chi connectivity index (χ4n) is 3.12. The molecule has 0 unspecified atom stereocenters. The molecule has 2 aromatic carbocycles. The summed E-state index contributed by atoms with van der Waals surface area (Å²) in [6.45, 7) is 4.42. The highest BCUT2D eigenvalue weighted by molar-refractivity contribution is 6.01. The highest BCUT2D eigenvalue weighted by atomic mass is 19.4. The van der Waals surface area contributed by atoms with Crippen molar-refractivity contribution in [1.29, 1.82) is 0 Å². The van der Waals surface area contributed by atoms with Crippen molar-refractivity contribution in [3.8, 4) is 0 Å². The Morgan fingerprint density at radius 1 is 1.11 bits per heavy atom. The first-order chi connectivity index (χ1) is 17.5. The Labute approximate surface area is 208 Å². The van der Waals surface area contributed by atoms with Crippen molar-refractivity contribution in [1.82, 2.24) is 15.3 Å². The van der Waals surface area contributed by atoms with Crippen molar-refractivity contribution in [2.75, 3.05) is 29.1 Å². The Kier molecular flexibility index (Phi) is 8.40. The summed E-state index contributed by atoms with van der Waals surface area (Å²) in [6.07, 6.45) is -3.24. The SMILES string of the molecule is C=CC(=O)Nc1ccccc1Nc1nc(Nc2cc(C(=O)NCCO)c(F)cc2C)ncc1C(F)(F)F. The zero-order chi connectivity index (χ0) is 27.2. The number of hydrogen-bond acceptors (Lipinski definition) is 7. The Hall–Kier alpha value is -4.52. The Morgan fingerprint density at radius 2 is 1.81 bits per heavy atom. The molecule has 37 heavy (non-hydrogen) atoms. The molecule has 0 atom stereocenters. The number of aromatic nitrogens is 2. The average molecular weight is 518 g/mol. The molecule has 0 radical (unpaired) electrons. The third-order valence-electron chi connectivity index (χ3n) is 4.92. The topological polar surface area (TPSA) is 128 Å². The zero-order valence-electron chi connectivity index (χ0n) is 19.4. The number of hydrogen-bond donors (Lipinski definition) is 5. The Bertz CT molecular complexity index is 1330. The minimum Gasteiger partial charge on any atom is -0.395 e. The number of nitrogens with one attached hydrogen (secondary N) is 4. The van der Waals surface area contributed by atoms with E-state index in [9.17, 15) is 27.2 Å². The Morgan fingerprint density at radius 3 is 2.46 bits per heavy atom. The van der Waals surface area contributed by atoms with Gasteiger partial charge in [-0.15, -0.1) is 0 Å². The number of carbonyl (C=O) groups excluding carboxylic acids is 2. The minimum atomic E-state index is -4.82. The number of halogens is 4. The van der Waals surface area contributed by atoms with Crippen LogP contribution in [0.1, 0.15) is 21.5 Å². The molecule has 0 aliphatic carbocycles. The summed E-state index contributed by atoms with van der Waals surface area (Å²) in [7, 11) is 0. The summed E-state index contributed by atoms with van der Waals surface area (Å²) < 4.78 is 55.4. The number of nitrogens with zero attached hydrogens (tertiary/aromatic N) is 2. The van der Waals surface area contributed by atoms with Gasteiger partial charge in [-0.05, 0) is 42.8 Å². The molecule has 194 valence electrons. The fourth-order valence-corrected chi connectivity index (χ4v) is 3.12. The van der Waals surface area contributed by atoms with Gasteiger partial charge in [-0.1, -0.05) is 18.7 Å². The second-order valence-corrected chi connectivity index (χ2v) is 7.57. The van der Waals surface area contributed by atoms with Gasteiger partial charge in [0.25, 0.3) is 5.91 Å². The highest BCUT2D eigenvalue weighted by Crippen LogP contribution is 2.36. The molecular formula is C24H22F4N6O3. The van der Waals surface area contributed by atoms with E-state index in [0.717, 1.165) is 18.2 Å². The number of rotatable bonds is 9. The lowest BCUT2D eigenvalue weighted by atomic mass is 10.1. The summed E-state index contributed by atoms with van der Waals surface area (Å²) in [5, 5.41) is 18.9. The molecule has 1 aromatic heterocycles. The van der Waals surface area contributed by atoms with Gasteiger partial charge in [-0.3, -0.25) is 9.59 Å². The molecule has 0 saturated heterocycles. The number of aliphatic hydroxyl groups is 1. The molecule has 5 N–H and O–H groups in total. The molecule has 13 heteroatoms. The second kappa shape index (κ2) is 11.5. The van der Waals surface area contributed by atoms with Gasteiger partial charge in [0.05, 0.1) is 23.5 Å². The van der Waals surface area contributed by atoms with Crippen LogP contribution in [0.4, 0.5) is 46.4 Å². The smallest absolute Gasteiger partial charge is 0.395 e. The number of alkyl halides is 3. The first kappa shape index (κ1) is 27.1. The second-order valence-electron chi connectivity index (χ2n) is 7.57. The summed E-state index contributed by atoms with van der Waals surface area (Å²) in [5.41, 5.74) is -0.733. The number of aryl methyl sites for hydroxylation is 1. The van der Waals surface area contributed by atoms with Gasteiger partial charge < -0.3 is 26.4 Å². The first-order valence-corrected chi connectivity index (χ1v) is 10.7. The minimum absolute atomic E-state index is 0.0965. The van der Waals surface area contributed by atoms with Crippen LogP contribution in [0.15, 0.2) is 55.3 Å². The third-order valence-corrected chi connectivity index (χ3v) is 4.92. The number of para-hydroxylation sites is 2. The van der Waals surface area contributed by atoms with Crippen molar-refractivity contribution in [2.45, 2.75) is 13.1 Å². The number of benzene rings is 2. The largest absolute Gasteiger partial charge is 0.421 e. The normalized spacial score (nSPS) is 11.0. The molecule has 0 aliphatic rings. The summed E-state index contributed by atoms with van der Waals surface area (Å²) in [4.78, 5) is 31.6. The van der Waals surface area contributed by atoms with Gasteiger partial charge in [-0.2, -0.15) is 18.2 Å². The van der Waals surface area contributed by atoms with E-state index in [1.807, 2.05) is 0 Å². The maximum absolute atomic E-state index is 14.3. The lowest BCUT2D eigenvalue weighted by Gasteiger charge is -2.17. The number of anilines is 5. The maximum atomic E-state index is 14.3. The number of aliphatic hydroxyl groups excluding tert-OH is 1. The van der Waals surface area contributed by atoms with Crippen LogP contribution < -0.4 is 21.3 Å². The molecule has 0 spiro atoms. The van der Waals surface area contributed by atoms with Crippen LogP contribution in [0.2, 0.25) is 0 Å². The van der Waals surface area contributed by atoms with Crippen LogP contribution in [0.3, 0.4) is 0 Å². The summed E-state index contributed by atoms with van der Waals surface area (Å²) >= 11 is 0. The zero-order valence-corrected chi connectivity index (χ0v) is 19.4. The van der Waals surface area contributed by atoms with E-state index in [1.54, 1.807) is 12.1 Å². The average Bonchev–Trinajstić information content (AvgIpc) is 2.84. The quantitative estimate of drug-likeness (QED) is 0.211. The lowest BCUT2D eigenvalue weighted by Crippen LogP contribution is -2.27. The van der Waals surface area contributed by atoms with E-state index < -0.39 is 35.2 Å². The number of amides is 2. The molecule has 9 nitrogen and oxygen atoms in total. The molecular weight excluding hydrogens is 496 g/mol. The fraction of sp³-hybridized carbons (Fsp3) is 0.167. The van der Waals surface area contributed by atoms with E-state index >= 15 is 0 Å². The van der Waals surface area contributed by atoms with Gasteiger partial charge in [0, 0.05) is 18.4 Å². The van der Waals surface area contributed by atoms with Crippen LogP contribution in [-0.4, -0.2) is 40.0 Å². The van der Waals surface area contributed by atoms with E-state index in [2.05, 4.69) is 37.8 Å². The predicted octanol–water partition coefficient (Wildman–Crippen LogP) is 4.28. The van der Waals surface area contributed by atoms with Gasteiger partial charge >= 0.3 is 6.18 Å². The van der Waals surface area contributed by atoms with Crippen molar-refractivity contribution in [3.05, 3.63) is 77.8 Å². The molecule has 0 fully saturated rings. The van der Waals surface area contributed by atoms with Crippen molar-refractivity contribution < 1.29 is 32.3 Å². The molecule has 1 heterocycles. The number of carbonyl (C=O) groups is 2. The summed E-state index contributed by atoms with van der Waals surface area (Å²) in [6, 6.07) is 8.26. The third kappa shape index (κ3) is 6.79. The van der Waals surface area contributed by atoms with E-state index in [0.29, 0.717) is 11.8 Å². The van der Waals surface area contributed by atoms with Crippen molar-refractivity contribution >= 4 is 40.6 Å². The monoisotopic (exact) mass is 518 g/mol. The van der Waals surface area contributed by atoms with Crippen LogP contribution in [0.25, 0.3) is 0 Å². The summed E-state index contributed by atoms with van der Waals surface area (Å²) in [5.74, 6) is -3.08. The Balaban J connectivity index is 1.99. The van der Waals surface area contributed by atoms with Gasteiger partial charge in [0.2, 0.25) is 11.9 Å². The van der Waals surface area contributed by atoms with E-state index in [-0.39, 0.29) is 41.7 Å². The molecule has 0 saturated carbocycles. The molecule has 3 aromatic rings. The van der Waals surface area contributed by atoms with Crippen LogP contribution in [0, 0.1) is 12.7 Å². The molecule has 3 rings (SSSR count). The predicted molar refractivity (Wildman–Crippen MR) is 129 cm³/mol. The van der Waals surface area contributed by atoms with Crippen LogP contribution in [0.5, 0.6) is 0 Å². The van der Waals surface area contributed by atoms with Crippen molar-refractivity contribution in [3.63, 3.8) is 0 Å². The van der Waals surface area contributed by atoms with Gasteiger partial charge in [0.15, 0.2) is 0 Å². The first-order valence-electron chi connectivity index (χ1n) is 10.7. The molecule has 0 bridgehead atoms. The molecule has 0 aliphatic heterocycles. The van der Waals surface area contributed by atoms with E-state index in [1.165, 1.54) is 19.1 Å². The van der Waals surface area contributed by atoms with Crippen LogP contribution in [-0.2, 0) is 11.0 Å². The standard InChI is InChI=1S/C24H22F4N6O3/c1-3-20(36)31-17-6-4-5-7-18(17)32-21-15(24(26,27)28)12-30-23(34-21)33-19-11-14(16(25)10-13(19)2)22(37)29-8-9-35/h3-7,10-12,35H,1,8-9H2,2H3,(H,29,37)(H,31,36)(H2,30,32,33,34). The van der Waals surface area contributed by atoms with E-state index in [4.69, 9.17) is 5.11 Å². The molecule has 2 amide bonds.